The third-order valence-corrected chi connectivity index (χ3v) is 3.87. The highest BCUT2D eigenvalue weighted by molar-refractivity contribution is 7.99. The molecule has 0 radical (unpaired) electrons. The van der Waals surface area contributed by atoms with Crippen molar-refractivity contribution in [3.63, 3.8) is 0 Å². The molecule has 1 aliphatic carbocycles. The van der Waals surface area contributed by atoms with Gasteiger partial charge in [-0.25, -0.2) is 0 Å². The minimum absolute atomic E-state index is 0.0561. The molecule has 0 aromatic rings. The Balaban J connectivity index is 2.08. The minimum Gasteiger partial charge on any atom is -0.469 e. The molecule has 1 rings (SSSR count). The third-order valence-electron chi connectivity index (χ3n) is 2.24. The standard InChI is InChI=1S/C9H16O2S/c1-7(9(10)11-2)6-12-8-4-3-5-8/h7-8H,3-6H2,1-2H3. The number of hydrogen-bond acceptors (Lipinski definition) is 3. The summed E-state index contributed by atoms with van der Waals surface area (Å²) in [5, 5.41) is 0.817. The van der Waals surface area contributed by atoms with Gasteiger partial charge in [0, 0.05) is 11.0 Å². The van der Waals surface area contributed by atoms with Gasteiger partial charge in [0.25, 0.3) is 0 Å². The van der Waals surface area contributed by atoms with Gasteiger partial charge >= 0.3 is 5.97 Å². The minimum atomic E-state index is -0.0816. The molecule has 2 nitrogen and oxygen atoms in total. The Kier molecular flexibility index (Phi) is 3.92. The molecule has 1 atom stereocenters. The number of rotatable bonds is 4. The molecular weight excluding hydrogens is 172 g/mol. The third kappa shape index (κ3) is 2.70. The van der Waals surface area contributed by atoms with Crippen molar-refractivity contribution in [1.82, 2.24) is 0 Å². The lowest BCUT2D eigenvalue weighted by Gasteiger charge is -2.25. The van der Waals surface area contributed by atoms with E-state index in [4.69, 9.17) is 0 Å². The van der Waals surface area contributed by atoms with Gasteiger partial charge in [0.15, 0.2) is 0 Å². The first-order chi connectivity index (χ1) is 5.74. The van der Waals surface area contributed by atoms with Crippen LogP contribution in [0.4, 0.5) is 0 Å². The van der Waals surface area contributed by atoms with E-state index >= 15 is 0 Å². The highest BCUT2D eigenvalue weighted by Crippen LogP contribution is 2.32. The largest absolute Gasteiger partial charge is 0.469 e. The van der Waals surface area contributed by atoms with Crippen molar-refractivity contribution in [1.29, 1.82) is 0 Å². The van der Waals surface area contributed by atoms with Crippen LogP contribution in [0.25, 0.3) is 0 Å². The van der Waals surface area contributed by atoms with Crippen LogP contribution in [-0.4, -0.2) is 24.1 Å². The molecule has 0 spiro atoms. The van der Waals surface area contributed by atoms with Crippen LogP contribution in [0.3, 0.4) is 0 Å². The average molecular weight is 188 g/mol. The van der Waals surface area contributed by atoms with Gasteiger partial charge in [-0.2, -0.15) is 11.8 Å². The van der Waals surface area contributed by atoms with E-state index in [9.17, 15) is 4.79 Å². The van der Waals surface area contributed by atoms with Gasteiger partial charge in [-0.1, -0.05) is 13.3 Å². The van der Waals surface area contributed by atoms with E-state index in [-0.39, 0.29) is 11.9 Å². The van der Waals surface area contributed by atoms with E-state index in [1.165, 1.54) is 26.4 Å². The van der Waals surface area contributed by atoms with Gasteiger partial charge in [-0.3, -0.25) is 4.79 Å². The van der Waals surface area contributed by atoms with Crippen LogP contribution in [0, 0.1) is 5.92 Å². The molecule has 0 aromatic carbocycles. The molecule has 12 heavy (non-hydrogen) atoms. The van der Waals surface area contributed by atoms with Crippen LogP contribution in [0.5, 0.6) is 0 Å². The van der Waals surface area contributed by atoms with Crippen LogP contribution < -0.4 is 0 Å². The van der Waals surface area contributed by atoms with Crippen LogP contribution >= 0.6 is 11.8 Å². The Bertz CT molecular complexity index is 155. The van der Waals surface area contributed by atoms with Gasteiger partial charge < -0.3 is 4.74 Å². The number of ether oxygens (including phenoxy) is 1. The molecule has 0 N–H and O–H groups in total. The summed E-state index contributed by atoms with van der Waals surface area (Å²) in [6.45, 7) is 1.93. The molecular formula is C9H16O2S. The first-order valence-corrected chi connectivity index (χ1v) is 5.48. The van der Waals surface area contributed by atoms with E-state index in [2.05, 4.69) is 4.74 Å². The molecule has 3 heteroatoms. The Hall–Kier alpha value is -0.180. The molecule has 1 fully saturated rings. The topological polar surface area (TPSA) is 26.3 Å². The number of carbonyl (C=O) groups is 1. The maximum atomic E-state index is 11.0. The maximum absolute atomic E-state index is 11.0. The number of carbonyl (C=O) groups excluding carboxylic acids is 1. The van der Waals surface area contributed by atoms with Gasteiger partial charge in [0.05, 0.1) is 13.0 Å². The predicted octanol–water partition coefficient (Wildman–Crippen LogP) is 2.08. The second kappa shape index (κ2) is 4.75. The predicted molar refractivity (Wildman–Crippen MR) is 51.3 cm³/mol. The summed E-state index contributed by atoms with van der Waals surface area (Å²) < 4.78 is 4.64. The van der Waals surface area contributed by atoms with Crippen molar-refractivity contribution in [3.05, 3.63) is 0 Å². The zero-order valence-electron chi connectivity index (χ0n) is 7.71. The van der Waals surface area contributed by atoms with Crippen LogP contribution in [-0.2, 0) is 9.53 Å². The number of hydrogen-bond donors (Lipinski definition) is 0. The zero-order chi connectivity index (χ0) is 8.97. The lowest BCUT2D eigenvalue weighted by Crippen LogP contribution is -2.19. The Labute approximate surface area is 78.1 Å². The molecule has 1 aliphatic rings. The SMILES string of the molecule is COC(=O)C(C)CSC1CCC1. The lowest BCUT2D eigenvalue weighted by atomic mass is 10.00. The summed E-state index contributed by atoms with van der Waals surface area (Å²) in [5.41, 5.74) is 0. The summed E-state index contributed by atoms with van der Waals surface area (Å²) in [6, 6.07) is 0. The van der Waals surface area contributed by atoms with Crippen molar-refractivity contribution in [3.8, 4) is 0 Å². The number of esters is 1. The fourth-order valence-electron chi connectivity index (χ4n) is 1.09. The smallest absolute Gasteiger partial charge is 0.309 e. The van der Waals surface area contributed by atoms with E-state index in [0.717, 1.165) is 11.0 Å². The van der Waals surface area contributed by atoms with Crippen molar-refractivity contribution in [2.45, 2.75) is 31.4 Å². The first-order valence-electron chi connectivity index (χ1n) is 4.43. The molecule has 0 aliphatic heterocycles. The van der Waals surface area contributed by atoms with Crippen molar-refractivity contribution >= 4 is 17.7 Å². The average Bonchev–Trinajstić information content (AvgIpc) is 2.00. The Morgan fingerprint density at radius 3 is 2.75 bits per heavy atom. The van der Waals surface area contributed by atoms with Crippen LogP contribution in [0.15, 0.2) is 0 Å². The summed E-state index contributed by atoms with van der Waals surface area (Å²) in [5.74, 6) is 0.888. The maximum Gasteiger partial charge on any atom is 0.309 e. The molecule has 1 unspecified atom stereocenters. The monoisotopic (exact) mass is 188 g/mol. The van der Waals surface area contributed by atoms with E-state index in [1.54, 1.807) is 0 Å². The molecule has 1 saturated carbocycles. The summed E-state index contributed by atoms with van der Waals surface area (Å²) >= 11 is 1.91. The van der Waals surface area contributed by atoms with Crippen LogP contribution in [0.2, 0.25) is 0 Å². The summed E-state index contributed by atoms with van der Waals surface area (Å²) in [6.07, 6.45) is 4.03. The second-order valence-corrected chi connectivity index (χ2v) is 4.64. The molecule has 0 bridgehead atoms. The normalized spacial score (nSPS) is 19.8. The second-order valence-electron chi connectivity index (χ2n) is 3.31. The summed E-state index contributed by atoms with van der Waals surface area (Å²) in [4.78, 5) is 11.0. The molecule has 0 amide bonds. The molecule has 0 aromatic heterocycles. The van der Waals surface area contributed by atoms with E-state index < -0.39 is 0 Å². The molecule has 0 heterocycles. The first kappa shape index (κ1) is 9.90. The molecule has 70 valence electrons. The van der Waals surface area contributed by atoms with Gasteiger partial charge in [-0.15, -0.1) is 0 Å². The van der Waals surface area contributed by atoms with Gasteiger partial charge in [-0.05, 0) is 12.8 Å². The summed E-state index contributed by atoms with van der Waals surface area (Å²) in [7, 11) is 1.45. The quantitative estimate of drug-likeness (QED) is 0.632. The van der Waals surface area contributed by atoms with Crippen molar-refractivity contribution in [2.75, 3.05) is 12.9 Å². The van der Waals surface area contributed by atoms with Crippen molar-refractivity contribution < 1.29 is 9.53 Å². The lowest BCUT2D eigenvalue weighted by molar-refractivity contribution is -0.143. The zero-order valence-corrected chi connectivity index (χ0v) is 8.52. The highest BCUT2D eigenvalue weighted by atomic mass is 32.2. The molecule has 0 saturated heterocycles. The number of methoxy groups -OCH3 is 1. The fourth-order valence-corrected chi connectivity index (χ4v) is 2.45. The van der Waals surface area contributed by atoms with Gasteiger partial charge in [0.2, 0.25) is 0 Å². The van der Waals surface area contributed by atoms with E-state index in [0.29, 0.717) is 0 Å². The van der Waals surface area contributed by atoms with E-state index in [1.807, 2.05) is 18.7 Å². The van der Waals surface area contributed by atoms with Crippen molar-refractivity contribution in [2.24, 2.45) is 5.92 Å². The van der Waals surface area contributed by atoms with Crippen LogP contribution in [0.1, 0.15) is 26.2 Å². The highest BCUT2D eigenvalue weighted by Gasteiger charge is 2.20. The van der Waals surface area contributed by atoms with Gasteiger partial charge in [0.1, 0.15) is 0 Å². The number of thioether (sulfide) groups is 1. The Morgan fingerprint density at radius 2 is 2.33 bits per heavy atom. The Morgan fingerprint density at radius 1 is 1.67 bits per heavy atom. The fraction of sp³-hybridized carbons (Fsp3) is 0.889.